The molecule has 0 aliphatic heterocycles. The van der Waals surface area contributed by atoms with Gasteiger partial charge in [0, 0.05) is 24.7 Å². The molecule has 0 bridgehead atoms. The summed E-state index contributed by atoms with van der Waals surface area (Å²) < 4.78 is 22.4. The molecule has 2 aromatic rings. The number of carbonyl (C=O) groups excluding carboxylic acids is 3. The first-order valence-electron chi connectivity index (χ1n) is 8.92. The Bertz CT molecular complexity index is 864. The second kappa shape index (κ2) is 11.2. The molecule has 0 radical (unpaired) electrons. The highest BCUT2D eigenvalue weighted by Crippen LogP contribution is 2.13. The van der Waals surface area contributed by atoms with Gasteiger partial charge in [-0.2, -0.15) is 0 Å². The number of rotatable bonds is 8. The molecule has 0 heterocycles. The second-order valence-corrected chi connectivity index (χ2v) is 5.74. The van der Waals surface area contributed by atoms with Gasteiger partial charge in [-0.3, -0.25) is 9.59 Å². The average molecular weight is 400 g/mol. The normalized spacial score (nSPS) is 10.4. The number of ether oxygens (including phenoxy) is 2. The number of benzene rings is 2. The van der Waals surface area contributed by atoms with Crippen LogP contribution >= 0.6 is 0 Å². The van der Waals surface area contributed by atoms with E-state index < -0.39 is 6.16 Å². The fourth-order valence-corrected chi connectivity index (χ4v) is 2.19. The highest BCUT2D eigenvalue weighted by atomic mass is 19.1. The van der Waals surface area contributed by atoms with Crippen molar-refractivity contribution in [3.8, 4) is 5.75 Å². The molecular formula is C21H21FN2O5. The summed E-state index contributed by atoms with van der Waals surface area (Å²) in [4.78, 5) is 35.0. The zero-order chi connectivity index (χ0) is 21.1. The summed E-state index contributed by atoms with van der Waals surface area (Å²) in [5.41, 5.74) is 1.08. The molecule has 0 aliphatic carbocycles. The lowest BCUT2D eigenvalue weighted by Gasteiger charge is -2.07. The molecule has 2 N–H and O–H groups in total. The van der Waals surface area contributed by atoms with E-state index in [1.807, 2.05) is 0 Å². The van der Waals surface area contributed by atoms with Crippen molar-refractivity contribution in [1.29, 1.82) is 0 Å². The predicted octanol–water partition coefficient (Wildman–Crippen LogP) is 2.92. The number of amides is 2. The van der Waals surface area contributed by atoms with Gasteiger partial charge in [0.2, 0.25) is 5.91 Å². The Morgan fingerprint density at radius 3 is 2.28 bits per heavy atom. The third-order valence-corrected chi connectivity index (χ3v) is 3.59. The molecule has 2 rings (SSSR count). The molecule has 7 nitrogen and oxygen atoms in total. The highest BCUT2D eigenvalue weighted by molar-refractivity contribution is 5.94. The van der Waals surface area contributed by atoms with Crippen LogP contribution in [-0.2, 0) is 9.53 Å². The molecule has 152 valence electrons. The summed E-state index contributed by atoms with van der Waals surface area (Å²) in [5, 5.41) is 5.29. The van der Waals surface area contributed by atoms with Crippen LogP contribution in [0.1, 0.15) is 22.8 Å². The van der Waals surface area contributed by atoms with Crippen LogP contribution in [0.3, 0.4) is 0 Å². The van der Waals surface area contributed by atoms with Crippen LogP contribution in [0.25, 0.3) is 6.08 Å². The largest absolute Gasteiger partial charge is 0.513 e. The molecule has 2 aromatic carbocycles. The van der Waals surface area contributed by atoms with E-state index in [2.05, 4.69) is 15.4 Å². The number of hydrogen-bond donors (Lipinski definition) is 2. The summed E-state index contributed by atoms with van der Waals surface area (Å²) >= 11 is 0. The zero-order valence-electron chi connectivity index (χ0n) is 15.8. The SMILES string of the molecule is CCOC(=O)Oc1ccc(C(=O)NCCNC(=O)/C=C/c2ccc(F)cc2)cc1. The Morgan fingerprint density at radius 2 is 1.62 bits per heavy atom. The van der Waals surface area contributed by atoms with Crippen LogP contribution in [0.5, 0.6) is 5.75 Å². The average Bonchev–Trinajstić information content (AvgIpc) is 2.71. The van der Waals surface area contributed by atoms with E-state index >= 15 is 0 Å². The van der Waals surface area contributed by atoms with Crippen molar-refractivity contribution in [3.05, 3.63) is 71.6 Å². The van der Waals surface area contributed by atoms with Crippen molar-refractivity contribution in [2.45, 2.75) is 6.92 Å². The first-order chi connectivity index (χ1) is 14.0. The minimum atomic E-state index is -0.811. The standard InChI is InChI=1S/C21H21FN2O5/c1-2-28-21(27)29-18-10-6-16(7-11-18)20(26)24-14-13-23-19(25)12-5-15-3-8-17(22)9-4-15/h3-12H,2,13-14H2,1H3,(H,23,25)(H,24,26)/b12-5+. The summed E-state index contributed by atoms with van der Waals surface area (Å²) in [5.74, 6) is -0.739. The van der Waals surface area contributed by atoms with Crippen LogP contribution in [-0.4, -0.2) is 37.7 Å². The van der Waals surface area contributed by atoms with E-state index in [9.17, 15) is 18.8 Å². The first kappa shape index (κ1) is 21.6. The van der Waals surface area contributed by atoms with Crippen LogP contribution in [0.15, 0.2) is 54.6 Å². The molecule has 29 heavy (non-hydrogen) atoms. The Labute approximate surface area is 167 Å². The molecule has 0 saturated heterocycles. The minimum Gasteiger partial charge on any atom is -0.434 e. The van der Waals surface area contributed by atoms with Gasteiger partial charge in [0.1, 0.15) is 11.6 Å². The van der Waals surface area contributed by atoms with Gasteiger partial charge in [0.05, 0.1) is 6.61 Å². The van der Waals surface area contributed by atoms with Gasteiger partial charge in [-0.15, -0.1) is 0 Å². The van der Waals surface area contributed by atoms with Gasteiger partial charge in [-0.05, 0) is 55.0 Å². The summed E-state index contributed by atoms with van der Waals surface area (Å²) in [6, 6.07) is 11.7. The van der Waals surface area contributed by atoms with Crippen LogP contribution in [0.2, 0.25) is 0 Å². The van der Waals surface area contributed by atoms with E-state index in [0.717, 1.165) is 0 Å². The topological polar surface area (TPSA) is 93.7 Å². The zero-order valence-corrected chi connectivity index (χ0v) is 15.8. The Kier molecular flexibility index (Phi) is 8.37. The van der Waals surface area contributed by atoms with Crippen molar-refractivity contribution in [1.82, 2.24) is 10.6 Å². The number of carbonyl (C=O) groups is 3. The van der Waals surface area contributed by atoms with Crippen molar-refractivity contribution in [2.75, 3.05) is 19.7 Å². The molecule has 0 aromatic heterocycles. The lowest BCUT2D eigenvalue weighted by Crippen LogP contribution is -2.33. The lowest BCUT2D eigenvalue weighted by molar-refractivity contribution is -0.116. The van der Waals surface area contributed by atoms with Crippen molar-refractivity contribution >= 4 is 24.0 Å². The maximum absolute atomic E-state index is 12.8. The van der Waals surface area contributed by atoms with Crippen molar-refractivity contribution in [2.24, 2.45) is 0 Å². The van der Waals surface area contributed by atoms with Crippen molar-refractivity contribution in [3.63, 3.8) is 0 Å². The molecule has 0 saturated carbocycles. The monoisotopic (exact) mass is 400 g/mol. The third kappa shape index (κ3) is 7.84. The van der Waals surface area contributed by atoms with Gasteiger partial charge in [-0.25, -0.2) is 9.18 Å². The van der Waals surface area contributed by atoms with Gasteiger partial charge >= 0.3 is 6.16 Å². The Balaban J connectivity index is 1.70. The highest BCUT2D eigenvalue weighted by Gasteiger charge is 2.08. The summed E-state index contributed by atoms with van der Waals surface area (Å²) in [7, 11) is 0. The third-order valence-electron chi connectivity index (χ3n) is 3.59. The molecule has 0 atom stereocenters. The van der Waals surface area contributed by atoms with E-state index in [1.165, 1.54) is 42.5 Å². The molecule has 2 amide bonds. The fraction of sp³-hybridized carbons (Fsp3) is 0.190. The number of halogens is 1. The maximum atomic E-state index is 12.8. The van der Waals surface area contributed by atoms with Crippen molar-refractivity contribution < 1.29 is 28.2 Å². The van der Waals surface area contributed by atoms with Gasteiger partial charge in [-0.1, -0.05) is 12.1 Å². The fourth-order valence-electron chi connectivity index (χ4n) is 2.19. The van der Waals surface area contributed by atoms with Gasteiger partial charge < -0.3 is 20.1 Å². The molecule has 8 heteroatoms. The molecule has 0 aliphatic rings. The first-order valence-corrected chi connectivity index (χ1v) is 8.92. The summed E-state index contributed by atoms with van der Waals surface area (Å²) in [6.07, 6.45) is 2.08. The van der Waals surface area contributed by atoms with E-state index in [0.29, 0.717) is 11.1 Å². The smallest absolute Gasteiger partial charge is 0.434 e. The minimum absolute atomic E-state index is 0.206. The quantitative estimate of drug-likeness (QED) is 0.308. The Hall–Kier alpha value is -3.68. The Morgan fingerprint density at radius 1 is 0.966 bits per heavy atom. The van der Waals surface area contributed by atoms with Crippen LogP contribution in [0.4, 0.5) is 9.18 Å². The van der Waals surface area contributed by atoms with E-state index in [1.54, 1.807) is 25.1 Å². The second-order valence-electron chi connectivity index (χ2n) is 5.74. The maximum Gasteiger partial charge on any atom is 0.513 e. The molecule has 0 fully saturated rings. The van der Waals surface area contributed by atoms with E-state index in [4.69, 9.17) is 4.74 Å². The van der Waals surface area contributed by atoms with E-state index in [-0.39, 0.29) is 43.1 Å². The van der Waals surface area contributed by atoms with Crippen LogP contribution in [0, 0.1) is 5.82 Å². The number of hydrogen-bond acceptors (Lipinski definition) is 5. The predicted molar refractivity (Wildman–Crippen MR) is 105 cm³/mol. The molecule has 0 unspecified atom stereocenters. The lowest BCUT2D eigenvalue weighted by atomic mass is 10.2. The number of nitrogens with one attached hydrogen (secondary N) is 2. The summed E-state index contributed by atoms with van der Waals surface area (Å²) in [6.45, 7) is 2.34. The van der Waals surface area contributed by atoms with Gasteiger partial charge in [0.25, 0.3) is 5.91 Å². The molecule has 0 spiro atoms. The van der Waals surface area contributed by atoms with Crippen LogP contribution < -0.4 is 15.4 Å². The van der Waals surface area contributed by atoms with Gasteiger partial charge in [0.15, 0.2) is 0 Å². The molecular weight excluding hydrogens is 379 g/mol.